The van der Waals surface area contributed by atoms with Crippen molar-refractivity contribution in [1.29, 1.82) is 0 Å². The van der Waals surface area contributed by atoms with Gasteiger partial charge in [-0.05, 0) is 29.2 Å². The van der Waals surface area contributed by atoms with E-state index in [1.54, 1.807) is 0 Å². The van der Waals surface area contributed by atoms with E-state index in [9.17, 15) is 0 Å². The Morgan fingerprint density at radius 1 is 0.500 bits per heavy atom. The summed E-state index contributed by atoms with van der Waals surface area (Å²) < 4.78 is 0. The molecule has 5 rings (SSSR count). The quantitative estimate of drug-likeness (QED) is 0.318. The molecule has 0 N–H and O–H groups in total. The van der Waals surface area contributed by atoms with Crippen molar-refractivity contribution in [2.24, 2.45) is 10.2 Å². The van der Waals surface area contributed by atoms with Gasteiger partial charge in [0.25, 0.3) is 0 Å². The molecule has 0 aromatic heterocycles. The molecule has 0 amide bonds. The molecule has 0 aliphatic carbocycles. The molecule has 1 aliphatic rings. The first kappa shape index (κ1) is 21.7. The molecular formula is C30H28N4. The maximum atomic E-state index is 5.01. The number of hydrogen-bond acceptors (Lipinski definition) is 4. The molecule has 4 aromatic rings. The highest BCUT2D eigenvalue weighted by molar-refractivity contribution is 5.79. The monoisotopic (exact) mass is 444 g/mol. The Labute approximate surface area is 201 Å². The van der Waals surface area contributed by atoms with Crippen LogP contribution in [-0.2, 0) is 0 Å². The summed E-state index contributed by atoms with van der Waals surface area (Å²) in [5.74, 6) is 0. The number of nitrogens with zero attached hydrogens (tertiary/aromatic N) is 4. The Kier molecular flexibility index (Phi) is 6.48. The molecule has 1 unspecified atom stereocenters. The van der Waals surface area contributed by atoms with E-state index in [0.29, 0.717) is 0 Å². The fraction of sp³-hybridized carbons (Fsp3) is 0.133. The number of hydrazone groups is 2. The highest BCUT2D eigenvalue weighted by atomic mass is 15.7. The van der Waals surface area contributed by atoms with E-state index in [2.05, 4.69) is 102 Å². The minimum Gasteiger partial charge on any atom is -0.263 e. The molecule has 0 bridgehead atoms. The van der Waals surface area contributed by atoms with Crippen LogP contribution in [0.4, 0.5) is 0 Å². The summed E-state index contributed by atoms with van der Waals surface area (Å²) in [6, 6.07) is 41.7. The van der Waals surface area contributed by atoms with Gasteiger partial charge in [0.15, 0.2) is 0 Å². The molecule has 1 aliphatic heterocycles. The predicted molar refractivity (Wildman–Crippen MR) is 140 cm³/mol. The SMILES string of the molecule is CC1N(/N=C/c2ccccc2)[C@H](c2ccccc2)[C@H](c2ccccc2)N1/N=C/c1ccccc1. The average Bonchev–Trinajstić information content (AvgIpc) is 3.19. The second-order valence-corrected chi connectivity index (χ2v) is 8.41. The molecule has 0 radical (unpaired) electrons. The lowest BCUT2D eigenvalue weighted by Crippen LogP contribution is -2.31. The van der Waals surface area contributed by atoms with Gasteiger partial charge >= 0.3 is 0 Å². The minimum absolute atomic E-state index is 0.00601. The second kappa shape index (κ2) is 10.2. The molecule has 4 heteroatoms. The lowest BCUT2D eigenvalue weighted by Gasteiger charge is -2.26. The van der Waals surface area contributed by atoms with Crippen molar-refractivity contribution in [3.8, 4) is 0 Å². The average molecular weight is 445 g/mol. The van der Waals surface area contributed by atoms with Crippen molar-refractivity contribution >= 4 is 12.4 Å². The van der Waals surface area contributed by atoms with E-state index >= 15 is 0 Å². The molecule has 168 valence electrons. The Morgan fingerprint density at radius 2 is 0.824 bits per heavy atom. The zero-order valence-electron chi connectivity index (χ0n) is 19.2. The van der Waals surface area contributed by atoms with E-state index in [-0.39, 0.29) is 18.2 Å². The van der Waals surface area contributed by atoms with Crippen LogP contribution in [0.25, 0.3) is 0 Å². The van der Waals surface area contributed by atoms with Gasteiger partial charge in [0.2, 0.25) is 0 Å². The smallest absolute Gasteiger partial charge is 0.133 e. The van der Waals surface area contributed by atoms with Crippen molar-refractivity contribution < 1.29 is 0 Å². The van der Waals surface area contributed by atoms with Crippen LogP contribution in [0, 0.1) is 0 Å². The summed E-state index contributed by atoms with van der Waals surface area (Å²) in [7, 11) is 0. The predicted octanol–water partition coefficient (Wildman–Crippen LogP) is 6.50. The molecule has 3 atom stereocenters. The maximum Gasteiger partial charge on any atom is 0.133 e. The minimum atomic E-state index is -0.0460. The van der Waals surface area contributed by atoms with Gasteiger partial charge in [-0.3, -0.25) is 10.0 Å². The summed E-state index contributed by atoms with van der Waals surface area (Å²) in [6.07, 6.45) is 3.84. The van der Waals surface area contributed by atoms with Gasteiger partial charge in [0.1, 0.15) is 18.2 Å². The molecule has 0 saturated carbocycles. The summed E-state index contributed by atoms with van der Waals surface area (Å²) in [4.78, 5) is 0. The van der Waals surface area contributed by atoms with Gasteiger partial charge in [-0.15, -0.1) is 0 Å². The van der Waals surface area contributed by atoms with E-state index in [4.69, 9.17) is 10.2 Å². The van der Waals surface area contributed by atoms with Crippen LogP contribution in [0.3, 0.4) is 0 Å². The molecule has 4 aromatic carbocycles. The third-order valence-electron chi connectivity index (χ3n) is 6.20. The summed E-state index contributed by atoms with van der Waals surface area (Å²) in [5.41, 5.74) is 4.57. The van der Waals surface area contributed by atoms with Crippen molar-refractivity contribution in [3.63, 3.8) is 0 Å². The summed E-state index contributed by atoms with van der Waals surface area (Å²) in [6.45, 7) is 2.17. The van der Waals surface area contributed by atoms with Crippen LogP contribution in [0.1, 0.15) is 41.3 Å². The number of hydrogen-bond donors (Lipinski definition) is 0. The molecule has 1 heterocycles. The largest absolute Gasteiger partial charge is 0.263 e. The van der Waals surface area contributed by atoms with Gasteiger partial charge in [-0.1, -0.05) is 121 Å². The van der Waals surface area contributed by atoms with Gasteiger partial charge in [0.05, 0.1) is 12.4 Å². The first-order valence-corrected chi connectivity index (χ1v) is 11.7. The topological polar surface area (TPSA) is 31.2 Å². The highest BCUT2D eigenvalue weighted by Crippen LogP contribution is 2.47. The van der Waals surface area contributed by atoms with Crippen LogP contribution in [0.2, 0.25) is 0 Å². The number of benzene rings is 4. The van der Waals surface area contributed by atoms with Crippen LogP contribution < -0.4 is 0 Å². The Bertz CT molecular complexity index is 1130. The third kappa shape index (κ3) is 4.62. The zero-order valence-corrected chi connectivity index (χ0v) is 19.2. The Balaban J connectivity index is 1.60. The van der Waals surface area contributed by atoms with Crippen LogP contribution in [0.15, 0.2) is 132 Å². The number of rotatable bonds is 6. The summed E-state index contributed by atoms with van der Waals surface area (Å²) >= 11 is 0. The molecule has 34 heavy (non-hydrogen) atoms. The summed E-state index contributed by atoms with van der Waals surface area (Å²) in [5, 5.41) is 14.4. The van der Waals surface area contributed by atoms with E-state index in [0.717, 1.165) is 11.1 Å². The Hall–Kier alpha value is -4.18. The van der Waals surface area contributed by atoms with Gasteiger partial charge in [-0.2, -0.15) is 10.2 Å². The van der Waals surface area contributed by atoms with Crippen molar-refractivity contribution in [2.75, 3.05) is 0 Å². The normalized spacial score (nSPS) is 20.4. The lowest BCUT2D eigenvalue weighted by atomic mass is 9.94. The first-order valence-electron chi connectivity index (χ1n) is 11.7. The zero-order chi connectivity index (χ0) is 23.2. The van der Waals surface area contributed by atoms with Crippen LogP contribution in [-0.4, -0.2) is 28.6 Å². The van der Waals surface area contributed by atoms with Crippen LogP contribution in [0.5, 0.6) is 0 Å². The van der Waals surface area contributed by atoms with Gasteiger partial charge < -0.3 is 0 Å². The van der Waals surface area contributed by atoms with Gasteiger partial charge in [0, 0.05) is 0 Å². The van der Waals surface area contributed by atoms with E-state index < -0.39 is 0 Å². The van der Waals surface area contributed by atoms with E-state index in [1.165, 1.54) is 11.1 Å². The molecular weight excluding hydrogens is 416 g/mol. The third-order valence-corrected chi connectivity index (χ3v) is 6.20. The van der Waals surface area contributed by atoms with Gasteiger partial charge in [-0.25, -0.2) is 0 Å². The van der Waals surface area contributed by atoms with Crippen molar-refractivity contribution in [1.82, 2.24) is 10.0 Å². The molecule has 1 saturated heterocycles. The van der Waals surface area contributed by atoms with Crippen LogP contribution >= 0.6 is 0 Å². The van der Waals surface area contributed by atoms with Crippen molar-refractivity contribution in [3.05, 3.63) is 144 Å². The fourth-order valence-electron chi connectivity index (χ4n) is 4.53. The van der Waals surface area contributed by atoms with E-state index in [1.807, 2.05) is 48.8 Å². The highest BCUT2D eigenvalue weighted by Gasteiger charge is 2.46. The fourth-order valence-corrected chi connectivity index (χ4v) is 4.53. The maximum absolute atomic E-state index is 5.01. The van der Waals surface area contributed by atoms with Crippen molar-refractivity contribution in [2.45, 2.75) is 25.2 Å². The Morgan fingerprint density at radius 3 is 1.18 bits per heavy atom. The lowest BCUT2D eigenvalue weighted by molar-refractivity contribution is 0.138. The molecule has 1 fully saturated rings. The standard InChI is InChI=1S/C30H28N4/c1-24-33(31-22-25-14-6-2-7-15-25)29(27-18-10-4-11-19-27)30(28-20-12-5-13-21-28)34(24)32-23-26-16-8-3-9-17-26/h2-24,29-30H,1H3/b31-22+,32-23+/t24?,29-,30+. The first-order chi connectivity index (χ1) is 16.8. The molecule has 0 spiro atoms. The second-order valence-electron chi connectivity index (χ2n) is 8.41. The molecule has 4 nitrogen and oxygen atoms in total.